The third kappa shape index (κ3) is 3.56. The van der Waals surface area contributed by atoms with E-state index < -0.39 is 15.3 Å². The lowest BCUT2D eigenvalue weighted by Crippen LogP contribution is -2.24. The first-order chi connectivity index (χ1) is 15.1. The second-order valence-electron chi connectivity index (χ2n) is 7.60. The van der Waals surface area contributed by atoms with Crippen LogP contribution >= 0.6 is 0 Å². The topological polar surface area (TPSA) is 76.9 Å². The number of sulfonamides is 1. The summed E-state index contributed by atoms with van der Waals surface area (Å²) in [4.78, 5) is 4.13. The maximum atomic E-state index is 12.4. The molecular weight excluding hydrogens is 408 g/mol. The average Bonchev–Trinajstić information content (AvgIpc) is 3.45. The van der Waals surface area contributed by atoms with Crippen LogP contribution in [0, 0.1) is 0 Å². The average molecular weight is 431 g/mol. The maximum absolute atomic E-state index is 12.4. The second kappa shape index (κ2) is 7.76. The minimum Gasteiger partial charge on any atom is -0.265 e. The second-order valence-corrected chi connectivity index (χ2v) is 9.66. The molecule has 1 atom stereocenters. The number of nitrogens with one attached hydrogen (secondary N) is 1. The lowest BCUT2D eigenvalue weighted by atomic mass is 9.99. The van der Waals surface area contributed by atoms with Crippen LogP contribution in [0.25, 0.3) is 28.1 Å². The Balaban J connectivity index is 1.63. The molecule has 0 radical (unpaired) electrons. The highest BCUT2D eigenvalue weighted by molar-refractivity contribution is 7.89. The van der Waals surface area contributed by atoms with Crippen molar-refractivity contribution in [3.63, 3.8) is 0 Å². The zero-order valence-corrected chi connectivity index (χ0v) is 17.9. The highest BCUT2D eigenvalue weighted by Crippen LogP contribution is 2.40. The van der Waals surface area contributed by atoms with Gasteiger partial charge in [-0.2, -0.15) is 5.10 Å². The van der Waals surface area contributed by atoms with Gasteiger partial charge in [-0.1, -0.05) is 36.4 Å². The highest BCUT2D eigenvalue weighted by atomic mass is 32.2. The molecule has 1 aliphatic carbocycles. The van der Waals surface area contributed by atoms with Crippen molar-refractivity contribution in [3.8, 4) is 28.1 Å². The van der Waals surface area contributed by atoms with Gasteiger partial charge < -0.3 is 0 Å². The van der Waals surface area contributed by atoms with E-state index in [1.54, 1.807) is 12.4 Å². The molecule has 1 unspecified atom stereocenters. The first kappa shape index (κ1) is 19.7. The molecular formula is C24H22N4O2S. The van der Waals surface area contributed by atoms with Gasteiger partial charge in [0.15, 0.2) is 0 Å². The molecule has 0 amide bonds. The van der Waals surface area contributed by atoms with Crippen LogP contribution in [0.5, 0.6) is 0 Å². The number of aryl methyl sites for hydroxylation is 1. The first-order valence-electron chi connectivity index (χ1n) is 10.2. The van der Waals surface area contributed by atoms with Crippen LogP contribution in [0.3, 0.4) is 0 Å². The largest absolute Gasteiger partial charge is 0.265 e. The van der Waals surface area contributed by atoms with Crippen LogP contribution in [0.15, 0.2) is 79.3 Å². The molecule has 2 aromatic carbocycles. The van der Waals surface area contributed by atoms with Gasteiger partial charge in [0.25, 0.3) is 0 Å². The summed E-state index contributed by atoms with van der Waals surface area (Å²) in [5.74, 6) is 0. The Bertz CT molecular complexity index is 1330. The normalized spacial score (nSPS) is 15.7. The van der Waals surface area contributed by atoms with Crippen molar-refractivity contribution in [2.45, 2.75) is 18.1 Å². The molecule has 0 fully saturated rings. The van der Waals surface area contributed by atoms with Gasteiger partial charge in [0.05, 0.1) is 5.69 Å². The van der Waals surface area contributed by atoms with E-state index in [2.05, 4.69) is 15.8 Å². The van der Waals surface area contributed by atoms with Crippen molar-refractivity contribution in [1.29, 1.82) is 0 Å². The van der Waals surface area contributed by atoms with Crippen molar-refractivity contribution < 1.29 is 8.42 Å². The fourth-order valence-electron chi connectivity index (χ4n) is 4.23. The van der Waals surface area contributed by atoms with E-state index in [-0.39, 0.29) is 0 Å². The summed E-state index contributed by atoms with van der Waals surface area (Å²) >= 11 is 0. The number of rotatable bonds is 5. The van der Waals surface area contributed by atoms with Crippen molar-refractivity contribution in [1.82, 2.24) is 19.5 Å². The standard InChI is InChI=1S/C24H22N4O2S/c1-25-31(29,30)23-10-8-18-15-19(7-9-21(18)23)22-16-28(20-5-3-2-4-6-20)27-24(22)17-11-13-26-14-12-17/h2-7,9,11-16,23,25H,8,10H2,1H3. The fourth-order valence-corrected chi connectivity index (χ4v) is 5.51. The molecule has 4 aromatic rings. The SMILES string of the molecule is CNS(=O)(=O)C1CCc2cc(-c3cn(-c4ccccc4)nc3-c3ccncc3)ccc21. The number of pyridine rings is 1. The Morgan fingerprint density at radius 2 is 1.77 bits per heavy atom. The minimum atomic E-state index is -3.35. The summed E-state index contributed by atoms with van der Waals surface area (Å²) in [5.41, 5.74) is 6.81. The fraction of sp³-hybridized carbons (Fsp3) is 0.167. The molecule has 0 aliphatic heterocycles. The van der Waals surface area contributed by atoms with Gasteiger partial charge in [0.2, 0.25) is 10.0 Å². The molecule has 5 rings (SSSR count). The Kier molecular flexibility index (Phi) is 4.92. The number of hydrogen-bond donors (Lipinski definition) is 1. The number of para-hydroxylation sites is 1. The first-order valence-corrected chi connectivity index (χ1v) is 11.7. The summed E-state index contributed by atoms with van der Waals surface area (Å²) in [7, 11) is -1.87. The van der Waals surface area contributed by atoms with Gasteiger partial charge in [-0.05, 0) is 60.8 Å². The molecule has 0 saturated heterocycles. The lowest BCUT2D eigenvalue weighted by Gasteiger charge is -2.12. The molecule has 0 bridgehead atoms. The molecule has 156 valence electrons. The summed E-state index contributed by atoms with van der Waals surface area (Å²) < 4.78 is 29.1. The van der Waals surface area contributed by atoms with Gasteiger partial charge in [0.1, 0.15) is 10.9 Å². The van der Waals surface area contributed by atoms with Crippen molar-refractivity contribution >= 4 is 10.0 Å². The van der Waals surface area contributed by atoms with Crippen LogP contribution in [0.4, 0.5) is 0 Å². The minimum absolute atomic E-state index is 0.492. The molecule has 1 aliphatic rings. The molecule has 0 saturated carbocycles. The Morgan fingerprint density at radius 3 is 2.52 bits per heavy atom. The van der Waals surface area contributed by atoms with E-state index in [0.717, 1.165) is 45.6 Å². The molecule has 2 aromatic heterocycles. The van der Waals surface area contributed by atoms with Crippen LogP contribution in [-0.2, 0) is 16.4 Å². The monoisotopic (exact) mass is 430 g/mol. The van der Waals surface area contributed by atoms with Crippen molar-refractivity contribution in [2.24, 2.45) is 0 Å². The number of fused-ring (bicyclic) bond motifs is 1. The van der Waals surface area contributed by atoms with E-state index in [4.69, 9.17) is 5.10 Å². The van der Waals surface area contributed by atoms with Crippen LogP contribution in [0.1, 0.15) is 22.8 Å². The van der Waals surface area contributed by atoms with Crippen LogP contribution in [-0.4, -0.2) is 30.2 Å². The van der Waals surface area contributed by atoms with Gasteiger partial charge in [0, 0.05) is 29.7 Å². The lowest BCUT2D eigenvalue weighted by molar-refractivity contribution is 0.572. The number of aromatic nitrogens is 3. The summed E-state index contributed by atoms with van der Waals surface area (Å²) in [5, 5.41) is 4.38. The quantitative estimate of drug-likeness (QED) is 0.516. The summed E-state index contributed by atoms with van der Waals surface area (Å²) in [6, 6.07) is 19.9. The van der Waals surface area contributed by atoms with E-state index in [9.17, 15) is 8.42 Å². The molecule has 0 spiro atoms. The zero-order chi connectivity index (χ0) is 21.4. The molecule has 1 N–H and O–H groups in total. The predicted octanol–water partition coefficient (Wildman–Crippen LogP) is 4.14. The third-order valence-corrected chi connectivity index (χ3v) is 7.63. The van der Waals surface area contributed by atoms with Gasteiger partial charge in [-0.25, -0.2) is 17.8 Å². The number of hydrogen-bond acceptors (Lipinski definition) is 4. The highest BCUT2D eigenvalue weighted by Gasteiger charge is 2.32. The molecule has 7 heteroatoms. The molecule has 2 heterocycles. The van der Waals surface area contributed by atoms with E-state index >= 15 is 0 Å². The van der Waals surface area contributed by atoms with Crippen LogP contribution < -0.4 is 4.72 Å². The van der Waals surface area contributed by atoms with Crippen molar-refractivity contribution in [3.05, 3.63) is 90.4 Å². The zero-order valence-electron chi connectivity index (χ0n) is 17.1. The Hall–Kier alpha value is -3.29. The van der Waals surface area contributed by atoms with E-state index in [1.807, 2.05) is 65.5 Å². The predicted molar refractivity (Wildman–Crippen MR) is 121 cm³/mol. The Morgan fingerprint density at radius 1 is 1.00 bits per heavy atom. The summed E-state index contributed by atoms with van der Waals surface area (Å²) in [6.45, 7) is 0. The van der Waals surface area contributed by atoms with E-state index in [1.165, 1.54) is 7.05 Å². The Labute approximate surface area is 181 Å². The van der Waals surface area contributed by atoms with Gasteiger partial charge in [-0.15, -0.1) is 0 Å². The van der Waals surface area contributed by atoms with Gasteiger partial charge >= 0.3 is 0 Å². The van der Waals surface area contributed by atoms with Gasteiger partial charge in [-0.3, -0.25) is 4.98 Å². The molecule has 6 nitrogen and oxygen atoms in total. The van der Waals surface area contributed by atoms with E-state index in [0.29, 0.717) is 6.42 Å². The summed E-state index contributed by atoms with van der Waals surface area (Å²) in [6.07, 6.45) is 6.89. The smallest absolute Gasteiger partial charge is 0.218 e. The van der Waals surface area contributed by atoms with Crippen LogP contribution in [0.2, 0.25) is 0 Å². The number of benzene rings is 2. The molecule has 31 heavy (non-hydrogen) atoms. The maximum Gasteiger partial charge on any atom is 0.218 e. The third-order valence-electron chi connectivity index (χ3n) is 5.82. The number of nitrogens with zero attached hydrogens (tertiary/aromatic N) is 3. The van der Waals surface area contributed by atoms with Crippen molar-refractivity contribution in [2.75, 3.05) is 7.05 Å².